The topological polar surface area (TPSA) is 61.4 Å². The number of nitrogens with one attached hydrogen (secondary N) is 2. The molecular weight excluding hydrogens is 254 g/mol. The predicted molar refractivity (Wildman–Crippen MR) is 71.6 cm³/mol. The Hall–Kier alpha value is -0.810. The number of rotatable bonds is 2. The Kier molecular flexibility index (Phi) is 5.88. The molecule has 2 aliphatic rings. The molecular formula is C12H22ClN3O2. The highest BCUT2D eigenvalue weighted by Crippen LogP contribution is 2.18. The highest BCUT2D eigenvalue weighted by atomic mass is 35.5. The molecule has 0 saturated carbocycles. The minimum absolute atomic E-state index is 0. The molecule has 6 heteroatoms. The first-order valence-corrected chi connectivity index (χ1v) is 6.42. The molecule has 2 unspecified atom stereocenters. The minimum Gasteiger partial charge on any atom is -0.355 e. The van der Waals surface area contributed by atoms with Crippen LogP contribution in [0.2, 0.25) is 0 Å². The summed E-state index contributed by atoms with van der Waals surface area (Å²) in [6.45, 7) is 2.53. The summed E-state index contributed by atoms with van der Waals surface area (Å²) in [6, 6.07) is 0.327. The molecule has 2 saturated heterocycles. The molecule has 0 radical (unpaired) electrons. The molecule has 2 rings (SSSR count). The zero-order valence-corrected chi connectivity index (χ0v) is 11.6. The van der Waals surface area contributed by atoms with E-state index < -0.39 is 0 Å². The standard InChI is InChI=1S/C12H21N3O2.ClH/c1-15(10-3-2-5-13-6-4-10)12(17)9-7-11(16)14-8-9;/h9-10,13H,2-8H2,1H3,(H,14,16);1H. The molecule has 0 spiro atoms. The zero-order valence-electron chi connectivity index (χ0n) is 10.8. The van der Waals surface area contributed by atoms with Crippen LogP contribution < -0.4 is 10.6 Å². The van der Waals surface area contributed by atoms with Crippen molar-refractivity contribution in [2.24, 2.45) is 5.92 Å². The van der Waals surface area contributed by atoms with Gasteiger partial charge in [-0.3, -0.25) is 9.59 Å². The van der Waals surface area contributed by atoms with Crippen LogP contribution in [0.15, 0.2) is 0 Å². The van der Waals surface area contributed by atoms with Crippen LogP contribution in [0, 0.1) is 5.92 Å². The van der Waals surface area contributed by atoms with Crippen molar-refractivity contribution in [1.29, 1.82) is 0 Å². The quantitative estimate of drug-likeness (QED) is 0.754. The van der Waals surface area contributed by atoms with Crippen LogP contribution in [0.5, 0.6) is 0 Å². The van der Waals surface area contributed by atoms with Crippen LogP contribution in [0.25, 0.3) is 0 Å². The average molecular weight is 276 g/mol. The molecule has 5 nitrogen and oxygen atoms in total. The number of amides is 2. The lowest BCUT2D eigenvalue weighted by molar-refractivity contribution is -0.136. The van der Waals surface area contributed by atoms with Crippen molar-refractivity contribution in [1.82, 2.24) is 15.5 Å². The van der Waals surface area contributed by atoms with Gasteiger partial charge in [0.1, 0.15) is 0 Å². The monoisotopic (exact) mass is 275 g/mol. The van der Waals surface area contributed by atoms with E-state index in [0.717, 1.165) is 32.4 Å². The van der Waals surface area contributed by atoms with E-state index in [4.69, 9.17) is 0 Å². The number of hydrogen-bond acceptors (Lipinski definition) is 3. The van der Waals surface area contributed by atoms with Gasteiger partial charge < -0.3 is 15.5 Å². The molecule has 2 N–H and O–H groups in total. The summed E-state index contributed by atoms with van der Waals surface area (Å²) in [7, 11) is 1.88. The number of nitrogens with zero attached hydrogens (tertiary/aromatic N) is 1. The lowest BCUT2D eigenvalue weighted by atomic mass is 10.0. The van der Waals surface area contributed by atoms with Crippen molar-refractivity contribution in [3.63, 3.8) is 0 Å². The summed E-state index contributed by atoms with van der Waals surface area (Å²) in [5.41, 5.74) is 0. The van der Waals surface area contributed by atoms with Crippen LogP contribution in [-0.4, -0.2) is 49.4 Å². The van der Waals surface area contributed by atoms with E-state index in [1.807, 2.05) is 11.9 Å². The maximum absolute atomic E-state index is 12.2. The summed E-state index contributed by atoms with van der Waals surface area (Å²) in [5.74, 6) is -0.0294. The van der Waals surface area contributed by atoms with Crippen LogP contribution >= 0.6 is 12.4 Å². The summed E-state index contributed by atoms with van der Waals surface area (Å²) in [5, 5.41) is 6.07. The second-order valence-corrected chi connectivity index (χ2v) is 4.99. The van der Waals surface area contributed by atoms with E-state index >= 15 is 0 Å². The highest BCUT2D eigenvalue weighted by molar-refractivity contribution is 5.89. The second kappa shape index (κ2) is 6.95. The molecule has 2 atom stereocenters. The van der Waals surface area contributed by atoms with Crippen molar-refractivity contribution in [2.75, 3.05) is 26.7 Å². The van der Waals surface area contributed by atoms with E-state index in [-0.39, 0.29) is 30.1 Å². The van der Waals surface area contributed by atoms with Gasteiger partial charge in [-0.05, 0) is 32.4 Å². The maximum Gasteiger partial charge on any atom is 0.227 e. The number of halogens is 1. The van der Waals surface area contributed by atoms with Crippen molar-refractivity contribution in [2.45, 2.75) is 31.7 Å². The number of carbonyl (C=O) groups excluding carboxylic acids is 2. The van der Waals surface area contributed by atoms with Crippen molar-refractivity contribution < 1.29 is 9.59 Å². The van der Waals surface area contributed by atoms with Crippen LogP contribution in [0.4, 0.5) is 0 Å². The smallest absolute Gasteiger partial charge is 0.227 e. The largest absolute Gasteiger partial charge is 0.355 e. The molecule has 0 aromatic carbocycles. The second-order valence-electron chi connectivity index (χ2n) is 4.99. The van der Waals surface area contributed by atoms with Gasteiger partial charge in [0, 0.05) is 26.1 Å². The van der Waals surface area contributed by atoms with Gasteiger partial charge >= 0.3 is 0 Å². The van der Waals surface area contributed by atoms with Gasteiger partial charge in [0.05, 0.1) is 5.92 Å². The van der Waals surface area contributed by atoms with E-state index in [9.17, 15) is 9.59 Å². The van der Waals surface area contributed by atoms with Gasteiger partial charge in [-0.15, -0.1) is 12.4 Å². The van der Waals surface area contributed by atoms with Gasteiger partial charge in [0.2, 0.25) is 11.8 Å². The van der Waals surface area contributed by atoms with Crippen molar-refractivity contribution in [3.05, 3.63) is 0 Å². The molecule has 2 fully saturated rings. The lowest BCUT2D eigenvalue weighted by Gasteiger charge is -2.29. The maximum atomic E-state index is 12.2. The Morgan fingerprint density at radius 2 is 2.11 bits per heavy atom. The van der Waals surface area contributed by atoms with Crippen LogP contribution in [0.3, 0.4) is 0 Å². The predicted octanol–water partition coefficient (Wildman–Crippen LogP) is 0.145. The van der Waals surface area contributed by atoms with Crippen LogP contribution in [0.1, 0.15) is 25.7 Å². The molecule has 0 aromatic heterocycles. The minimum atomic E-state index is -0.149. The Balaban J connectivity index is 0.00000162. The Morgan fingerprint density at radius 3 is 2.78 bits per heavy atom. The number of hydrogen-bond donors (Lipinski definition) is 2. The summed E-state index contributed by atoms with van der Waals surface area (Å²) in [6.07, 6.45) is 3.54. The zero-order chi connectivity index (χ0) is 12.3. The van der Waals surface area contributed by atoms with Gasteiger partial charge in [-0.25, -0.2) is 0 Å². The summed E-state index contributed by atoms with van der Waals surface area (Å²) < 4.78 is 0. The molecule has 2 heterocycles. The third kappa shape index (κ3) is 3.59. The molecule has 104 valence electrons. The van der Waals surface area contributed by atoms with Gasteiger partial charge in [-0.1, -0.05) is 0 Å². The van der Waals surface area contributed by atoms with Gasteiger partial charge in [-0.2, -0.15) is 0 Å². The average Bonchev–Trinajstić information content (AvgIpc) is 2.60. The fourth-order valence-corrected chi connectivity index (χ4v) is 2.64. The van der Waals surface area contributed by atoms with E-state index in [0.29, 0.717) is 19.0 Å². The van der Waals surface area contributed by atoms with Crippen molar-refractivity contribution >= 4 is 24.2 Å². The Bertz CT molecular complexity index is 304. The Labute approximate surface area is 114 Å². The molecule has 2 amide bonds. The van der Waals surface area contributed by atoms with E-state index in [2.05, 4.69) is 10.6 Å². The van der Waals surface area contributed by atoms with Crippen LogP contribution in [-0.2, 0) is 9.59 Å². The van der Waals surface area contributed by atoms with Gasteiger partial charge in [0.15, 0.2) is 0 Å². The first-order valence-electron chi connectivity index (χ1n) is 6.42. The van der Waals surface area contributed by atoms with Crippen molar-refractivity contribution in [3.8, 4) is 0 Å². The SMILES string of the molecule is CN(C(=O)C1CNC(=O)C1)C1CCCNCC1.Cl. The Morgan fingerprint density at radius 1 is 1.33 bits per heavy atom. The molecule has 0 bridgehead atoms. The fourth-order valence-electron chi connectivity index (χ4n) is 2.64. The van der Waals surface area contributed by atoms with E-state index in [1.165, 1.54) is 0 Å². The molecule has 18 heavy (non-hydrogen) atoms. The lowest BCUT2D eigenvalue weighted by Crippen LogP contribution is -2.41. The van der Waals surface area contributed by atoms with Gasteiger partial charge in [0.25, 0.3) is 0 Å². The first-order chi connectivity index (χ1) is 8.18. The normalized spacial score (nSPS) is 27.9. The molecule has 2 aliphatic heterocycles. The third-order valence-electron chi connectivity index (χ3n) is 3.77. The fraction of sp³-hybridized carbons (Fsp3) is 0.833. The molecule has 0 aliphatic carbocycles. The number of carbonyl (C=O) groups is 2. The van der Waals surface area contributed by atoms with E-state index in [1.54, 1.807) is 0 Å². The first kappa shape index (κ1) is 15.2. The third-order valence-corrected chi connectivity index (χ3v) is 3.77. The summed E-state index contributed by atoms with van der Waals surface area (Å²) >= 11 is 0. The molecule has 0 aromatic rings. The summed E-state index contributed by atoms with van der Waals surface area (Å²) in [4.78, 5) is 25.2. The highest BCUT2D eigenvalue weighted by Gasteiger charge is 2.32.